The molecule has 1 aliphatic rings. The lowest BCUT2D eigenvalue weighted by atomic mass is 9.95. The average Bonchev–Trinajstić information content (AvgIpc) is 3.19. The maximum absolute atomic E-state index is 13.6. The summed E-state index contributed by atoms with van der Waals surface area (Å²) in [5.41, 5.74) is 12.1. The maximum atomic E-state index is 13.6. The predicted molar refractivity (Wildman–Crippen MR) is 132 cm³/mol. The number of aromatic nitrogens is 1. The van der Waals surface area contributed by atoms with Gasteiger partial charge in [-0.05, 0) is 59.2 Å². The molecule has 0 unspecified atom stereocenters. The number of fused-ring (bicyclic) bond motifs is 1. The summed E-state index contributed by atoms with van der Waals surface area (Å²) in [6.45, 7) is 0.508. The molecule has 4 nitrogen and oxygen atoms in total. The molecule has 0 saturated carbocycles. The van der Waals surface area contributed by atoms with Crippen molar-refractivity contribution in [2.24, 2.45) is 12.8 Å². The van der Waals surface area contributed by atoms with Crippen LogP contribution in [0.25, 0.3) is 33.2 Å². The number of hydrogen-bond donors (Lipinski definition) is 1. The summed E-state index contributed by atoms with van der Waals surface area (Å²) in [7, 11) is 1.97. The van der Waals surface area contributed by atoms with E-state index >= 15 is 0 Å². The monoisotopic (exact) mass is 477 g/mol. The number of halogens is 3. The fourth-order valence-corrected chi connectivity index (χ4v) is 4.80. The second-order valence-corrected chi connectivity index (χ2v) is 9.09. The van der Waals surface area contributed by atoms with Gasteiger partial charge in [0.2, 0.25) is 0 Å². The van der Waals surface area contributed by atoms with Crippen molar-refractivity contribution in [2.45, 2.75) is 25.3 Å². The summed E-state index contributed by atoms with van der Waals surface area (Å²) in [5.74, 6) is -3.22. The summed E-state index contributed by atoms with van der Waals surface area (Å²) in [5, 5.41) is 1.01. The van der Waals surface area contributed by atoms with Crippen molar-refractivity contribution >= 4 is 16.8 Å². The highest BCUT2D eigenvalue weighted by Crippen LogP contribution is 2.36. The number of piperidine rings is 1. The van der Waals surface area contributed by atoms with Gasteiger partial charge in [0.25, 0.3) is 11.8 Å². The van der Waals surface area contributed by atoms with E-state index in [1.54, 1.807) is 24.3 Å². The largest absolute Gasteiger partial charge is 0.346 e. The Morgan fingerprint density at radius 2 is 1.54 bits per heavy atom. The van der Waals surface area contributed by atoms with Gasteiger partial charge in [-0.25, -0.2) is 13.2 Å². The number of amides is 1. The molecule has 5 rings (SSSR count). The fourth-order valence-electron chi connectivity index (χ4n) is 4.80. The van der Waals surface area contributed by atoms with Crippen LogP contribution in [0.1, 0.15) is 28.9 Å². The van der Waals surface area contributed by atoms with E-state index in [-0.39, 0.29) is 37.7 Å². The van der Waals surface area contributed by atoms with E-state index < -0.39 is 5.92 Å². The smallest absolute Gasteiger partial charge is 0.253 e. The molecule has 2 heterocycles. The zero-order valence-electron chi connectivity index (χ0n) is 19.4. The summed E-state index contributed by atoms with van der Waals surface area (Å²) in [4.78, 5) is 14.3. The number of likely N-dealkylation sites (tertiary alicyclic amines) is 1. The van der Waals surface area contributed by atoms with E-state index in [9.17, 15) is 18.0 Å². The zero-order valence-corrected chi connectivity index (χ0v) is 19.4. The molecule has 180 valence electrons. The number of alkyl halides is 2. The van der Waals surface area contributed by atoms with Crippen molar-refractivity contribution in [1.29, 1.82) is 0 Å². The van der Waals surface area contributed by atoms with Crippen LogP contribution in [0.2, 0.25) is 0 Å². The minimum atomic E-state index is -2.69. The van der Waals surface area contributed by atoms with E-state index in [1.807, 2.05) is 19.2 Å². The van der Waals surface area contributed by atoms with Crippen LogP contribution < -0.4 is 5.73 Å². The minimum Gasteiger partial charge on any atom is -0.346 e. The molecule has 7 heteroatoms. The first-order chi connectivity index (χ1) is 16.8. The summed E-state index contributed by atoms with van der Waals surface area (Å²) < 4.78 is 42.6. The highest BCUT2D eigenvalue weighted by Gasteiger charge is 2.35. The first-order valence-corrected chi connectivity index (χ1v) is 11.6. The number of nitrogens with zero attached hydrogens (tertiary/aromatic N) is 2. The summed E-state index contributed by atoms with van der Waals surface area (Å²) in [6.07, 6.45) is -0.601. The van der Waals surface area contributed by atoms with Crippen LogP contribution >= 0.6 is 0 Å². The average molecular weight is 478 g/mol. The first-order valence-electron chi connectivity index (χ1n) is 11.6. The van der Waals surface area contributed by atoms with Gasteiger partial charge in [-0.3, -0.25) is 4.79 Å². The lowest BCUT2D eigenvalue weighted by molar-refractivity contribution is -0.0494. The van der Waals surface area contributed by atoms with Crippen molar-refractivity contribution in [1.82, 2.24) is 9.47 Å². The lowest BCUT2D eigenvalue weighted by Gasteiger charge is -2.31. The van der Waals surface area contributed by atoms with Gasteiger partial charge < -0.3 is 15.2 Å². The molecule has 0 radical (unpaired) electrons. The Morgan fingerprint density at radius 3 is 2.17 bits per heavy atom. The van der Waals surface area contributed by atoms with Gasteiger partial charge in [-0.1, -0.05) is 24.3 Å². The van der Waals surface area contributed by atoms with Crippen LogP contribution in [0.4, 0.5) is 13.2 Å². The molecule has 1 aliphatic heterocycles. The van der Waals surface area contributed by atoms with E-state index in [4.69, 9.17) is 5.73 Å². The van der Waals surface area contributed by atoms with Crippen LogP contribution in [0.5, 0.6) is 0 Å². The Labute approximate surface area is 201 Å². The van der Waals surface area contributed by atoms with Gasteiger partial charge in [0.15, 0.2) is 0 Å². The summed E-state index contributed by atoms with van der Waals surface area (Å²) >= 11 is 0. The molecule has 1 fully saturated rings. The number of hydrogen-bond acceptors (Lipinski definition) is 2. The molecule has 0 atom stereocenters. The molecule has 1 amide bonds. The lowest BCUT2D eigenvalue weighted by Crippen LogP contribution is -2.42. The number of benzene rings is 3. The second kappa shape index (κ2) is 8.89. The summed E-state index contributed by atoms with van der Waals surface area (Å²) in [6, 6.07) is 19.8. The molecule has 2 N–H and O–H groups in total. The van der Waals surface area contributed by atoms with Crippen molar-refractivity contribution in [3.8, 4) is 22.3 Å². The fraction of sp³-hybridized carbons (Fsp3) is 0.250. The Balaban J connectivity index is 1.51. The topological polar surface area (TPSA) is 51.3 Å². The van der Waals surface area contributed by atoms with Crippen molar-refractivity contribution in [3.05, 3.63) is 83.8 Å². The van der Waals surface area contributed by atoms with Gasteiger partial charge in [0.1, 0.15) is 5.82 Å². The third-order valence-corrected chi connectivity index (χ3v) is 6.84. The molecule has 35 heavy (non-hydrogen) atoms. The molecule has 1 saturated heterocycles. The molecule has 0 spiro atoms. The quantitative estimate of drug-likeness (QED) is 0.393. The predicted octanol–water partition coefficient (Wildman–Crippen LogP) is 5.98. The minimum absolute atomic E-state index is 0.0583. The zero-order chi connectivity index (χ0) is 24.7. The van der Waals surface area contributed by atoms with Crippen molar-refractivity contribution in [3.63, 3.8) is 0 Å². The number of carbonyl (C=O) groups is 1. The number of carbonyl (C=O) groups excluding carboxylic acids is 1. The number of rotatable bonds is 4. The van der Waals surface area contributed by atoms with Gasteiger partial charge in [-0.2, -0.15) is 0 Å². The molecule has 0 aliphatic carbocycles. The van der Waals surface area contributed by atoms with Crippen LogP contribution in [-0.2, 0) is 13.6 Å². The van der Waals surface area contributed by atoms with Gasteiger partial charge in [0.05, 0.1) is 5.52 Å². The van der Waals surface area contributed by atoms with Gasteiger partial charge in [0, 0.05) is 61.7 Å². The highest BCUT2D eigenvalue weighted by atomic mass is 19.3. The molecule has 3 aromatic carbocycles. The van der Waals surface area contributed by atoms with Crippen LogP contribution in [0.15, 0.2) is 66.7 Å². The molecule has 0 bridgehead atoms. The van der Waals surface area contributed by atoms with E-state index in [0.29, 0.717) is 12.1 Å². The maximum Gasteiger partial charge on any atom is 0.253 e. The van der Waals surface area contributed by atoms with Gasteiger partial charge >= 0.3 is 0 Å². The van der Waals surface area contributed by atoms with Crippen LogP contribution in [0, 0.1) is 5.82 Å². The van der Waals surface area contributed by atoms with E-state index in [2.05, 4.69) is 22.8 Å². The third-order valence-electron chi connectivity index (χ3n) is 6.84. The normalized spacial score (nSPS) is 15.5. The van der Waals surface area contributed by atoms with Crippen molar-refractivity contribution in [2.75, 3.05) is 13.1 Å². The second-order valence-electron chi connectivity index (χ2n) is 9.09. The first kappa shape index (κ1) is 23.2. The van der Waals surface area contributed by atoms with Crippen LogP contribution in [-0.4, -0.2) is 34.4 Å². The Morgan fingerprint density at radius 1 is 0.914 bits per heavy atom. The standard InChI is InChI=1S/C28H26F3N3O/c1-33-24(17-32)15-22-14-21(16-25(26(22)33)19-6-8-23(29)9-7-19)18-2-4-20(5-3-18)27(35)34-12-10-28(30,31)11-13-34/h2-9,14-16H,10-13,17,32H2,1H3. The Hall–Kier alpha value is -3.58. The molecular weight excluding hydrogens is 451 g/mol. The van der Waals surface area contributed by atoms with Gasteiger partial charge in [-0.15, -0.1) is 0 Å². The Bertz CT molecular complexity index is 1380. The molecule has 1 aromatic heterocycles. The van der Waals surface area contributed by atoms with Crippen molar-refractivity contribution < 1.29 is 18.0 Å². The molecular formula is C28H26F3N3O. The number of nitrogens with two attached hydrogens (primary N) is 1. The third kappa shape index (κ3) is 4.44. The van der Waals surface area contributed by atoms with Crippen LogP contribution in [0.3, 0.4) is 0 Å². The SMILES string of the molecule is Cn1c(CN)cc2cc(-c3ccc(C(=O)N4CCC(F)(F)CC4)cc3)cc(-c3ccc(F)cc3)c21. The molecule has 4 aromatic rings. The Kier molecular flexibility index (Phi) is 5.89. The highest BCUT2D eigenvalue weighted by molar-refractivity contribution is 5.99. The number of aryl methyl sites for hydroxylation is 1. The van der Waals surface area contributed by atoms with E-state index in [1.165, 1.54) is 17.0 Å². The van der Waals surface area contributed by atoms with E-state index in [0.717, 1.165) is 38.9 Å².